The van der Waals surface area contributed by atoms with Crippen molar-refractivity contribution in [2.75, 3.05) is 28.2 Å². The van der Waals surface area contributed by atoms with E-state index in [1.54, 1.807) is 0 Å². The monoisotopic (exact) mass is 220 g/mol. The molecule has 0 amide bonds. The van der Waals surface area contributed by atoms with Gasteiger partial charge in [-0.2, -0.15) is 0 Å². The van der Waals surface area contributed by atoms with Crippen molar-refractivity contribution in [3.8, 4) is 0 Å². The fourth-order valence-electron chi connectivity index (χ4n) is 0.863. The molecule has 0 aromatic carbocycles. The number of nitrogens with zero attached hydrogens (tertiary/aromatic N) is 2. The third kappa shape index (κ3) is 13.9. The molecule has 0 saturated heterocycles. The van der Waals surface area contributed by atoms with E-state index in [2.05, 4.69) is 65.7 Å². The van der Waals surface area contributed by atoms with Gasteiger partial charge in [-0.05, 0) is 42.0 Å². The Morgan fingerprint density at radius 3 is 0.933 bits per heavy atom. The second kappa shape index (κ2) is 13.9. The van der Waals surface area contributed by atoms with Crippen LogP contribution in [0.15, 0.2) is 0 Å². The first-order valence-corrected chi connectivity index (χ1v) is 5.21. The maximum atomic E-state index is 2.24. The van der Waals surface area contributed by atoms with E-state index in [1.807, 2.05) is 0 Å². The van der Waals surface area contributed by atoms with E-state index in [-0.39, 0.29) is 14.9 Å². The highest BCUT2D eigenvalue weighted by Gasteiger charge is 2.14. The van der Waals surface area contributed by atoms with E-state index in [0.717, 1.165) is 0 Å². The van der Waals surface area contributed by atoms with Crippen molar-refractivity contribution < 1.29 is 0 Å². The first-order valence-electron chi connectivity index (χ1n) is 5.21. The van der Waals surface area contributed by atoms with Crippen molar-refractivity contribution in [3.05, 3.63) is 0 Å². The lowest BCUT2D eigenvalue weighted by Crippen LogP contribution is -2.42. The molecule has 15 heavy (non-hydrogen) atoms. The fraction of sp³-hybridized carbons (Fsp3) is 1.00. The van der Waals surface area contributed by atoms with Gasteiger partial charge in [0.05, 0.1) is 0 Å². The molecule has 0 rings (SSSR count). The largest absolute Gasteiger partial charge is 0.305 e. The Balaban J connectivity index is -0.000000108. The molecular weight excluding hydrogens is 184 g/mol. The van der Waals surface area contributed by atoms with Crippen molar-refractivity contribution in [1.82, 2.24) is 9.80 Å². The Morgan fingerprint density at radius 1 is 0.733 bits per heavy atom. The summed E-state index contributed by atoms with van der Waals surface area (Å²) in [7, 11) is 8.46. The molecule has 0 aliphatic carbocycles. The summed E-state index contributed by atoms with van der Waals surface area (Å²) in [6, 6.07) is 1.24. The topological polar surface area (TPSA) is 6.48 Å². The molecule has 2 nitrogen and oxygen atoms in total. The SMILES string of the molecule is C.C.CC(C(C)N(C)C)N(C)C.CCC. The third-order valence-corrected chi connectivity index (χ3v) is 2.33. The molecule has 0 heterocycles. The highest BCUT2D eigenvalue weighted by atomic mass is 15.2. The molecule has 0 spiro atoms. The van der Waals surface area contributed by atoms with Gasteiger partial charge in [-0.25, -0.2) is 0 Å². The predicted octanol–water partition coefficient (Wildman–Crippen LogP) is 3.58. The summed E-state index contributed by atoms with van der Waals surface area (Å²) in [4.78, 5) is 4.48. The van der Waals surface area contributed by atoms with E-state index in [9.17, 15) is 0 Å². The van der Waals surface area contributed by atoms with Gasteiger partial charge in [0.15, 0.2) is 0 Å². The van der Waals surface area contributed by atoms with Crippen molar-refractivity contribution >= 4 is 0 Å². The van der Waals surface area contributed by atoms with Gasteiger partial charge in [-0.1, -0.05) is 35.1 Å². The summed E-state index contributed by atoms with van der Waals surface area (Å²) in [6.07, 6.45) is 1.25. The minimum Gasteiger partial charge on any atom is -0.305 e. The van der Waals surface area contributed by atoms with Crippen LogP contribution in [-0.4, -0.2) is 50.1 Å². The van der Waals surface area contributed by atoms with Crippen LogP contribution in [0.2, 0.25) is 0 Å². The van der Waals surface area contributed by atoms with Crippen LogP contribution in [0, 0.1) is 0 Å². The lowest BCUT2D eigenvalue weighted by atomic mass is 10.1. The molecule has 0 aliphatic rings. The predicted molar refractivity (Wildman–Crippen MR) is 75.7 cm³/mol. The first-order chi connectivity index (χ1) is 5.88. The van der Waals surface area contributed by atoms with E-state index in [1.165, 1.54) is 6.42 Å². The van der Waals surface area contributed by atoms with Crippen LogP contribution in [-0.2, 0) is 0 Å². The molecule has 2 heteroatoms. The molecule has 2 unspecified atom stereocenters. The van der Waals surface area contributed by atoms with Gasteiger partial charge in [0.2, 0.25) is 0 Å². The average Bonchev–Trinajstić information content (AvgIpc) is 2.03. The lowest BCUT2D eigenvalue weighted by Gasteiger charge is -2.31. The van der Waals surface area contributed by atoms with Crippen LogP contribution in [0.25, 0.3) is 0 Å². The van der Waals surface area contributed by atoms with Crippen molar-refractivity contribution in [2.45, 2.75) is 61.1 Å². The summed E-state index contributed by atoms with van der Waals surface area (Å²) in [5.41, 5.74) is 0. The van der Waals surface area contributed by atoms with Crippen molar-refractivity contribution in [1.29, 1.82) is 0 Å². The summed E-state index contributed by atoms with van der Waals surface area (Å²) in [6.45, 7) is 8.73. The van der Waals surface area contributed by atoms with E-state index in [0.29, 0.717) is 12.1 Å². The molecule has 0 aromatic rings. The molecule has 0 fully saturated rings. The van der Waals surface area contributed by atoms with Crippen LogP contribution >= 0.6 is 0 Å². The molecule has 0 bridgehead atoms. The summed E-state index contributed by atoms with van der Waals surface area (Å²) < 4.78 is 0. The summed E-state index contributed by atoms with van der Waals surface area (Å²) in [5, 5.41) is 0. The fourth-order valence-corrected chi connectivity index (χ4v) is 0.863. The standard InChI is InChI=1S/C8H20N2.C3H8.2CH4/c1-7(9(3)4)8(2)10(5)6;1-3-2;;/h7-8H,1-6H3;3H2,1-2H3;2*1H4. The van der Waals surface area contributed by atoms with Gasteiger partial charge in [-0.3, -0.25) is 0 Å². The molecule has 0 aliphatic heterocycles. The molecule has 0 saturated carbocycles. The Bertz CT molecular complexity index is 88.7. The minimum absolute atomic E-state index is 0. The summed E-state index contributed by atoms with van der Waals surface area (Å²) >= 11 is 0. The molecular formula is C13H36N2. The van der Waals surface area contributed by atoms with Gasteiger partial charge in [0.25, 0.3) is 0 Å². The van der Waals surface area contributed by atoms with E-state index >= 15 is 0 Å². The third-order valence-electron chi connectivity index (χ3n) is 2.33. The smallest absolute Gasteiger partial charge is 0.0214 e. The van der Waals surface area contributed by atoms with E-state index in [4.69, 9.17) is 0 Å². The zero-order valence-electron chi connectivity index (χ0n) is 10.8. The van der Waals surface area contributed by atoms with Gasteiger partial charge in [0, 0.05) is 12.1 Å². The quantitative estimate of drug-likeness (QED) is 0.717. The number of hydrogen-bond acceptors (Lipinski definition) is 2. The van der Waals surface area contributed by atoms with Gasteiger partial charge >= 0.3 is 0 Å². The van der Waals surface area contributed by atoms with E-state index < -0.39 is 0 Å². The zero-order chi connectivity index (χ0) is 11.0. The molecule has 98 valence electrons. The number of hydrogen-bond donors (Lipinski definition) is 0. The Morgan fingerprint density at radius 2 is 0.867 bits per heavy atom. The normalized spacial score (nSPS) is 13.2. The molecule has 0 N–H and O–H groups in total. The lowest BCUT2D eigenvalue weighted by molar-refractivity contribution is 0.176. The Hall–Kier alpha value is -0.0800. The minimum atomic E-state index is 0. The Kier molecular flexibility index (Phi) is 22.5. The summed E-state index contributed by atoms with van der Waals surface area (Å²) in [5.74, 6) is 0. The molecule has 2 atom stereocenters. The van der Waals surface area contributed by atoms with Crippen LogP contribution in [0.1, 0.15) is 49.0 Å². The van der Waals surface area contributed by atoms with Crippen LogP contribution in [0.4, 0.5) is 0 Å². The number of likely N-dealkylation sites (N-methyl/N-ethyl adjacent to an activating group) is 2. The van der Waals surface area contributed by atoms with Gasteiger partial charge in [0.1, 0.15) is 0 Å². The van der Waals surface area contributed by atoms with Crippen LogP contribution < -0.4 is 0 Å². The number of rotatable bonds is 3. The first kappa shape index (κ1) is 24.2. The maximum absolute atomic E-state index is 2.24. The molecule has 0 radical (unpaired) electrons. The van der Waals surface area contributed by atoms with Crippen LogP contribution in [0.3, 0.4) is 0 Å². The van der Waals surface area contributed by atoms with Crippen LogP contribution in [0.5, 0.6) is 0 Å². The second-order valence-corrected chi connectivity index (χ2v) is 4.12. The second-order valence-electron chi connectivity index (χ2n) is 4.12. The molecule has 0 aromatic heterocycles. The van der Waals surface area contributed by atoms with Crippen molar-refractivity contribution in [3.63, 3.8) is 0 Å². The maximum Gasteiger partial charge on any atom is 0.0214 e. The Labute approximate surface area is 99.7 Å². The zero-order valence-corrected chi connectivity index (χ0v) is 10.8. The van der Waals surface area contributed by atoms with Crippen molar-refractivity contribution in [2.24, 2.45) is 0 Å². The highest BCUT2D eigenvalue weighted by molar-refractivity contribution is 4.72. The highest BCUT2D eigenvalue weighted by Crippen LogP contribution is 2.03. The van der Waals surface area contributed by atoms with Gasteiger partial charge in [-0.15, -0.1) is 0 Å². The van der Waals surface area contributed by atoms with Gasteiger partial charge < -0.3 is 9.80 Å². The average molecular weight is 220 g/mol.